The molecule has 9 aromatic carbocycles. The molecule has 0 atom stereocenters. The van der Waals surface area contributed by atoms with Crippen molar-refractivity contribution in [3.63, 3.8) is 0 Å². The van der Waals surface area contributed by atoms with Crippen LogP contribution in [0.4, 0.5) is 34.1 Å². The first-order chi connectivity index (χ1) is 26.9. The van der Waals surface area contributed by atoms with Crippen LogP contribution >= 0.6 is 11.6 Å². The highest BCUT2D eigenvalue weighted by atomic mass is 35.5. The van der Waals surface area contributed by atoms with Gasteiger partial charge < -0.3 is 9.80 Å². The maximum Gasteiger partial charge on any atom is 0.0515 e. The van der Waals surface area contributed by atoms with Crippen LogP contribution in [0.15, 0.2) is 182 Å². The van der Waals surface area contributed by atoms with Crippen molar-refractivity contribution < 1.29 is 0 Å². The molecule has 264 valence electrons. The molecule has 3 heteroatoms. The summed E-state index contributed by atoms with van der Waals surface area (Å²) in [5, 5.41) is 8.14. The summed E-state index contributed by atoms with van der Waals surface area (Å²) in [7, 11) is 0. The van der Waals surface area contributed by atoms with Gasteiger partial charge in [-0.3, -0.25) is 0 Å². The summed E-state index contributed by atoms with van der Waals surface area (Å²) in [6.45, 7) is 7.04. The Hall–Kier alpha value is -6.35. The predicted molar refractivity (Wildman–Crippen MR) is 236 cm³/mol. The average molecular weight is 727 g/mol. The molecule has 0 amide bonds. The molecular weight excluding hydrogens is 688 g/mol. The Bertz CT molecular complexity index is 2950. The van der Waals surface area contributed by atoms with E-state index in [1.54, 1.807) is 0 Å². The fraction of sp³-hybridized carbons (Fsp3) is 0.0769. The molecule has 0 bridgehead atoms. The van der Waals surface area contributed by atoms with Crippen LogP contribution in [0.25, 0.3) is 43.4 Å². The molecule has 0 spiro atoms. The van der Waals surface area contributed by atoms with E-state index in [2.05, 4.69) is 206 Å². The molecule has 0 aliphatic heterocycles. The van der Waals surface area contributed by atoms with Crippen molar-refractivity contribution in [1.82, 2.24) is 0 Å². The molecular formula is C52H39ClN2. The monoisotopic (exact) mass is 726 g/mol. The van der Waals surface area contributed by atoms with Gasteiger partial charge in [-0.25, -0.2) is 0 Å². The van der Waals surface area contributed by atoms with Gasteiger partial charge in [0.25, 0.3) is 0 Å². The predicted octanol–water partition coefficient (Wildman–Crippen LogP) is 15.4. The first-order valence-electron chi connectivity index (χ1n) is 19.0. The lowest BCUT2D eigenvalue weighted by molar-refractivity contribution is 0.661. The summed E-state index contributed by atoms with van der Waals surface area (Å²) in [6, 6.07) is 65.7. The molecule has 0 unspecified atom stereocenters. The molecule has 0 radical (unpaired) electrons. The second-order valence-electron chi connectivity index (χ2n) is 15.1. The zero-order chi connectivity index (χ0) is 37.3. The fourth-order valence-electron chi connectivity index (χ4n) is 9.04. The molecule has 0 aromatic heterocycles. The first kappa shape index (κ1) is 33.2. The van der Waals surface area contributed by atoms with E-state index in [0.29, 0.717) is 5.02 Å². The van der Waals surface area contributed by atoms with E-state index in [1.165, 1.54) is 54.6 Å². The van der Waals surface area contributed by atoms with Gasteiger partial charge in [0.15, 0.2) is 0 Å². The van der Waals surface area contributed by atoms with Crippen molar-refractivity contribution in [2.45, 2.75) is 26.2 Å². The number of hydrogen-bond acceptors (Lipinski definition) is 2. The minimum atomic E-state index is -0.294. The zero-order valence-corrected chi connectivity index (χ0v) is 31.8. The SMILES string of the molecule is Cc1c(N(c2ccccc2)c2ccc3ccccc3c2)cccc1N(c1cccc(Cl)c1)c1cc2ccccc2c2c1C(C)(C)c1ccc3ccccc3c1-2. The van der Waals surface area contributed by atoms with Crippen molar-refractivity contribution in [2.24, 2.45) is 0 Å². The number of fused-ring (bicyclic) bond motifs is 8. The number of para-hydroxylation sites is 1. The Balaban J connectivity index is 1.27. The van der Waals surface area contributed by atoms with Crippen LogP contribution in [0.3, 0.4) is 0 Å². The van der Waals surface area contributed by atoms with E-state index < -0.39 is 0 Å². The number of anilines is 6. The molecule has 55 heavy (non-hydrogen) atoms. The number of rotatable bonds is 6. The van der Waals surface area contributed by atoms with Crippen LogP contribution in [-0.2, 0) is 5.41 Å². The largest absolute Gasteiger partial charge is 0.310 e. The van der Waals surface area contributed by atoms with E-state index in [-0.39, 0.29) is 5.41 Å². The quantitative estimate of drug-likeness (QED) is 0.168. The number of nitrogens with zero attached hydrogens (tertiary/aromatic N) is 2. The lowest BCUT2D eigenvalue weighted by Crippen LogP contribution is -2.22. The molecule has 9 aromatic rings. The average Bonchev–Trinajstić information content (AvgIpc) is 3.47. The van der Waals surface area contributed by atoms with Gasteiger partial charge in [-0.2, -0.15) is 0 Å². The van der Waals surface area contributed by atoms with Crippen LogP contribution in [-0.4, -0.2) is 0 Å². The normalized spacial score (nSPS) is 12.9. The summed E-state index contributed by atoms with van der Waals surface area (Å²) >= 11 is 6.86. The summed E-state index contributed by atoms with van der Waals surface area (Å²) in [5.74, 6) is 0. The Morgan fingerprint density at radius 3 is 1.76 bits per heavy atom. The van der Waals surface area contributed by atoms with Crippen molar-refractivity contribution >= 4 is 78.0 Å². The maximum atomic E-state index is 6.86. The van der Waals surface area contributed by atoms with Gasteiger partial charge >= 0.3 is 0 Å². The van der Waals surface area contributed by atoms with Gasteiger partial charge in [0.2, 0.25) is 0 Å². The van der Waals surface area contributed by atoms with Crippen LogP contribution in [0.2, 0.25) is 5.02 Å². The maximum absolute atomic E-state index is 6.86. The molecule has 0 saturated carbocycles. The summed E-state index contributed by atoms with van der Waals surface area (Å²) < 4.78 is 0. The van der Waals surface area contributed by atoms with Crippen molar-refractivity contribution in [3.8, 4) is 11.1 Å². The molecule has 10 rings (SSSR count). The molecule has 0 fully saturated rings. The minimum Gasteiger partial charge on any atom is -0.310 e. The minimum absolute atomic E-state index is 0.294. The fourth-order valence-corrected chi connectivity index (χ4v) is 9.22. The lowest BCUT2D eigenvalue weighted by Gasteiger charge is -2.35. The topological polar surface area (TPSA) is 6.48 Å². The first-order valence-corrected chi connectivity index (χ1v) is 19.3. The van der Waals surface area contributed by atoms with Gasteiger partial charge in [0, 0.05) is 27.5 Å². The molecule has 1 aliphatic carbocycles. The van der Waals surface area contributed by atoms with E-state index in [1.807, 2.05) is 6.07 Å². The van der Waals surface area contributed by atoms with E-state index >= 15 is 0 Å². The number of benzene rings is 9. The highest BCUT2D eigenvalue weighted by molar-refractivity contribution is 6.31. The van der Waals surface area contributed by atoms with Crippen molar-refractivity contribution in [1.29, 1.82) is 0 Å². The second kappa shape index (κ2) is 12.9. The van der Waals surface area contributed by atoms with Gasteiger partial charge in [0.05, 0.1) is 17.1 Å². The van der Waals surface area contributed by atoms with Crippen LogP contribution in [0, 0.1) is 6.92 Å². The second-order valence-corrected chi connectivity index (χ2v) is 15.6. The smallest absolute Gasteiger partial charge is 0.0515 e. The van der Waals surface area contributed by atoms with Crippen molar-refractivity contribution in [2.75, 3.05) is 9.80 Å². The molecule has 0 N–H and O–H groups in total. The van der Waals surface area contributed by atoms with E-state index in [4.69, 9.17) is 11.6 Å². The molecule has 0 saturated heterocycles. The van der Waals surface area contributed by atoms with E-state index in [0.717, 1.165) is 39.7 Å². The number of halogens is 1. The van der Waals surface area contributed by atoms with Crippen LogP contribution in [0.5, 0.6) is 0 Å². The third kappa shape index (κ3) is 5.32. The Morgan fingerprint density at radius 1 is 0.418 bits per heavy atom. The lowest BCUT2D eigenvalue weighted by atomic mass is 9.80. The third-order valence-corrected chi connectivity index (χ3v) is 11.8. The summed E-state index contributed by atoms with van der Waals surface area (Å²) in [6.07, 6.45) is 0. The van der Waals surface area contributed by atoms with Gasteiger partial charge in [-0.1, -0.05) is 147 Å². The zero-order valence-electron chi connectivity index (χ0n) is 31.1. The molecule has 0 heterocycles. The Morgan fingerprint density at radius 2 is 1.00 bits per heavy atom. The van der Waals surface area contributed by atoms with Crippen LogP contribution in [0.1, 0.15) is 30.5 Å². The summed E-state index contributed by atoms with van der Waals surface area (Å²) in [5.41, 5.74) is 12.7. The Labute approximate surface area is 327 Å². The standard InChI is InChI=1S/C52H39ClN2/c1-34-46(54(40-20-5-4-6-21-40)42-29-27-35-15-7-8-17-37(35)31-42)25-14-26-47(34)55(41-22-13-19-39(53)33-41)48-32-38-18-10-12-24-44(38)50-49-43-23-11-9-16-36(43)28-30-45(49)52(2,3)51(48)50/h4-33H,1-3H3. The summed E-state index contributed by atoms with van der Waals surface area (Å²) in [4.78, 5) is 4.84. The Kier molecular flexibility index (Phi) is 7.80. The molecule has 2 nitrogen and oxygen atoms in total. The van der Waals surface area contributed by atoms with Gasteiger partial charge in [-0.05, 0) is 128 Å². The van der Waals surface area contributed by atoms with E-state index in [9.17, 15) is 0 Å². The van der Waals surface area contributed by atoms with Crippen LogP contribution < -0.4 is 9.80 Å². The third-order valence-electron chi connectivity index (χ3n) is 11.6. The van der Waals surface area contributed by atoms with Crippen molar-refractivity contribution in [3.05, 3.63) is 204 Å². The highest BCUT2D eigenvalue weighted by Gasteiger charge is 2.41. The molecule has 1 aliphatic rings. The number of hydrogen-bond donors (Lipinski definition) is 0. The highest BCUT2D eigenvalue weighted by Crippen LogP contribution is 2.59. The van der Waals surface area contributed by atoms with Gasteiger partial charge in [-0.15, -0.1) is 0 Å². The van der Waals surface area contributed by atoms with Gasteiger partial charge in [0.1, 0.15) is 0 Å².